The fourth-order valence-corrected chi connectivity index (χ4v) is 2.12. The van der Waals surface area contributed by atoms with Crippen LogP contribution in [0.5, 0.6) is 0 Å². The smallest absolute Gasteiger partial charge is 0.237 e. The third-order valence-corrected chi connectivity index (χ3v) is 3.26. The number of carbonyl (C=O) groups excluding carboxylic acids is 1. The molecule has 0 aromatic heterocycles. The lowest BCUT2D eigenvalue weighted by atomic mass is 10.0. The van der Waals surface area contributed by atoms with E-state index in [-0.39, 0.29) is 24.4 Å². The molecule has 1 atom stereocenters. The second-order valence-electron chi connectivity index (χ2n) is 4.35. The highest BCUT2D eigenvalue weighted by Crippen LogP contribution is 2.10. The van der Waals surface area contributed by atoms with Crippen molar-refractivity contribution in [2.24, 2.45) is 0 Å². The van der Waals surface area contributed by atoms with Gasteiger partial charge < -0.3 is 10.6 Å². The second-order valence-corrected chi connectivity index (χ2v) is 4.78. The SMILES string of the molecule is Cl.O=C(NCc1ccc(Cl)cc1)C1CCCCN1. The number of amides is 1. The maximum atomic E-state index is 11.8. The molecule has 0 saturated carbocycles. The number of carbonyl (C=O) groups is 1. The average Bonchev–Trinajstić information content (AvgIpc) is 2.39. The van der Waals surface area contributed by atoms with E-state index in [1.807, 2.05) is 24.3 Å². The molecule has 1 fully saturated rings. The summed E-state index contributed by atoms with van der Waals surface area (Å²) in [6, 6.07) is 7.51. The molecule has 1 aromatic carbocycles. The molecule has 1 amide bonds. The lowest BCUT2D eigenvalue weighted by molar-refractivity contribution is -0.123. The Labute approximate surface area is 119 Å². The molecule has 1 aliphatic rings. The van der Waals surface area contributed by atoms with E-state index in [9.17, 15) is 4.79 Å². The van der Waals surface area contributed by atoms with Crippen molar-refractivity contribution < 1.29 is 4.79 Å². The molecular formula is C13H18Cl2N2O. The van der Waals surface area contributed by atoms with Crippen LogP contribution in [-0.4, -0.2) is 18.5 Å². The van der Waals surface area contributed by atoms with Crippen LogP contribution in [0.2, 0.25) is 5.02 Å². The monoisotopic (exact) mass is 288 g/mol. The van der Waals surface area contributed by atoms with Crippen LogP contribution in [0.4, 0.5) is 0 Å². The van der Waals surface area contributed by atoms with Gasteiger partial charge in [0.1, 0.15) is 0 Å². The van der Waals surface area contributed by atoms with E-state index in [0.717, 1.165) is 24.9 Å². The largest absolute Gasteiger partial charge is 0.351 e. The minimum Gasteiger partial charge on any atom is -0.351 e. The fraction of sp³-hybridized carbons (Fsp3) is 0.462. The quantitative estimate of drug-likeness (QED) is 0.897. The standard InChI is InChI=1S/C13H17ClN2O.ClH/c14-11-6-4-10(5-7-11)9-16-13(17)12-3-1-2-8-15-12;/h4-7,12,15H,1-3,8-9H2,(H,16,17);1H. The molecule has 0 bridgehead atoms. The minimum atomic E-state index is -0.0175. The van der Waals surface area contributed by atoms with Gasteiger partial charge in [-0.05, 0) is 37.1 Å². The predicted molar refractivity (Wildman–Crippen MR) is 76.2 cm³/mol. The van der Waals surface area contributed by atoms with Gasteiger partial charge in [-0.2, -0.15) is 0 Å². The third kappa shape index (κ3) is 4.48. The van der Waals surface area contributed by atoms with Gasteiger partial charge in [0.25, 0.3) is 0 Å². The van der Waals surface area contributed by atoms with Gasteiger partial charge in [-0.3, -0.25) is 4.79 Å². The number of benzene rings is 1. The summed E-state index contributed by atoms with van der Waals surface area (Å²) in [7, 11) is 0. The Bertz CT molecular complexity index is 375. The summed E-state index contributed by atoms with van der Waals surface area (Å²) in [5, 5.41) is 6.89. The van der Waals surface area contributed by atoms with Crippen LogP contribution in [0.15, 0.2) is 24.3 Å². The van der Waals surface area contributed by atoms with Gasteiger partial charge in [0.2, 0.25) is 5.91 Å². The number of halogens is 2. The van der Waals surface area contributed by atoms with Crippen molar-refractivity contribution in [3.63, 3.8) is 0 Å². The van der Waals surface area contributed by atoms with E-state index < -0.39 is 0 Å². The lowest BCUT2D eigenvalue weighted by Gasteiger charge is -2.22. The number of nitrogens with one attached hydrogen (secondary N) is 2. The normalized spacial score (nSPS) is 18.8. The summed E-state index contributed by atoms with van der Waals surface area (Å²) in [5.74, 6) is 0.0969. The van der Waals surface area contributed by atoms with Crippen LogP contribution >= 0.6 is 24.0 Å². The number of rotatable bonds is 3. The first kappa shape index (κ1) is 15.3. The Hall–Kier alpha value is -0.770. The Balaban J connectivity index is 0.00000162. The van der Waals surface area contributed by atoms with E-state index in [0.29, 0.717) is 11.6 Å². The summed E-state index contributed by atoms with van der Waals surface area (Å²) in [6.07, 6.45) is 3.24. The molecule has 100 valence electrons. The lowest BCUT2D eigenvalue weighted by Crippen LogP contribution is -2.46. The highest BCUT2D eigenvalue weighted by molar-refractivity contribution is 6.30. The molecule has 18 heavy (non-hydrogen) atoms. The number of hydrogen-bond donors (Lipinski definition) is 2. The van der Waals surface area contributed by atoms with Crippen molar-refractivity contribution in [1.82, 2.24) is 10.6 Å². The highest BCUT2D eigenvalue weighted by Gasteiger charge is 2.19. The molecule has 0 aliphatic carbocycles. The Morgan fingerprint density at radius 2 is 2.06 bits per heavy atom. The first-order valence-electron chi connectivity index (χ1n) is 6.01. The Kier molecular flexibility index (Phi) is 6.47. The van der Waals surface area contributed by atoms with Crippen molar-refractivity contribution in [2.45, 2.75) is 31.8 Å². The average molecular weight is 289 g/mol. The summed E-state index contributed by atoms with van der Waals surface area (Å²) < 4.78 is 0. The first-order valence-corrected chi connectivity index (χ1v) is 6.39. The van der Waals surface area contributed by atoms with Crippen molar-refractivity contribution in [2.75, 3.05) is 6.54 Å². The highest BCUT2D eigenvalue weighted by atomic mass is 35.5. The molecule has 1 aromatic rings. The summed E-state index contributed by atoms with van der Waals surface area (Å²) in [4.78, 5) is 11.8. The molecule has 2 rings (SSSR count). The summed E-state index contributed by atoms with van der Waals surface area (Å²) in [5.41, 5.74) is 1.07. The molecule has 1 unspecified atom stereocenters. The van der Waals surface area contributed by atoms with E-state index in [1.54, 1.807) is 0 Å². The van der Waals surface area contributed by atoms with Gasteiger partial charge in [-0.15, -0.1) is 12.4 Å². The van der Waals surface area contributed by atoms with Crippen molar-refractivity contribution >= 4 is 29.9 Å². The maximum Gasteiger partial charge on any atom is 0.237 e. The van der Waals surface area contributed by atoms with E-state index in [1.165, 1.54) is 6.42 Å². The summed E-state index contributed by atoms with van der Waals surface area (Å²) >= 11 is 5.80. The van der Waals surface area contributed by atoms with Crippen LogP contribution in [-0.2, 0) is 11.3 Å². The molecule has 5 heteroatoms. The second kappa shape index (κ2) is 7.62. The van der Waals surface area contributed by atoms with E-state index >= 15 is 0 Å². The number of piperidine rings is 1. The van der Waals surface area contributed by atoms with Crippen molar-refractivity contribution in [3.8, 4) is 0 Å². The topological polar surface area (TPSA) is 41.1 Å². The van der Waals surface area contributed by atoms with Crippen LogP contribution in [0.1, 0.15) is 24.8 Å². The maximum absolute atomic E-state index is 11.8. The molecule has 1 saturated heterocycles. The zero-order chi connectivity index (χ0) is 12.1. The predicted octanol–water partition coefficient (Wildman–Crippen LogP) is 2.52. The van der Waals surface area contributed by atoms with E-state index in [2.05, 4.69) is 10.6 Å². The molecule has 1 heterocycles. The zero-order valence-corrected chi connectivity index (χ0v) is 11.7. The first-order chi connectivity index (χ1) is 8.25. The van der Waals surface area contributed by atoms with E-state index in [4.69, 9.17) is 11.6 Å². The van der Waals surface area contributed by atoms with Crippen molar-refractivity contribution in [1.29, 1.82) is 0 Å². The minimum absolute atomic E-state index is 0. The third-order valence-electron chi connectivity index (χ3n) is 3.01. The zero-order valence-electron chi connectivity index (χ0n) is 10.1. The Morgan fingerprint density at radius 3 is 2.67 bits per heavy atom. The van der Waals surface area contributed by atoms with Gasteiger partial charge in [0, 0.05) is 11.6 Å². The van der Waals surface area contributed by atoms with Gasteiger partial charge in [-0.1, -0.05) is 30.2 Å². The van der Waals surface area contributed by atoms with Crippen LogP contribution in [0.3, 0.4) is 0 Å². The van der Waals surface area contributed by atoms with Gasteiger partial charge >= 0.3 is 0 Å². The molecule has 3 nitrogen and oxygen atoms in total. The molecule has 0 spiro atoms. The van der Waals surface area contributed by atoms with Crippen LogP contribution < -0.4 is 10.6 Å². The van der Waals surface area contributed by atoms with Crippen LogP contribution in [0, 0.1) is 0 Å². The molecule has 2 N–H and O–H groups in total. The Morgan fingerprint density at radius 1 is 1.33 bits per heavy atom. The summed E-state index contributed by atoms with van der Waals surface area (Å²) in [6.45, 7) is 1.51. The van der Waals surface area contributed by atoms with Crippen LogP contribution in [0.25, 0.3) is 0 Å². The molecule has 0 radical (unpaired) electrons. The fourth-order valence-electron chi connectivity index (χ4n) is 1.99. The van der Waals surface area contributed by atoms with Gasteiger partial charge in [-0.25, -0.2) is 0 Å². The molecule has 1 aliphatic heterocycles. The molecular weight excluding hydrogens is 271 g/mol. The van der Waals surface area contributed by atoms with Gasteiger partial charge in [0.15, 0.2) is 0 Å². The number of hydrogen-bond acceptors (Lipinski definition) is 2. The van der Waals surface area contributed by atoms with Crippen molar-refractivity contribution in [3.05, 3.63) is 34.9 Å². The van der Waals surface area contributed by atoms with Gasteiger partial charge in [0.05, 0.1) is 6.04 Å².